The second-order valence-corrected chi connectivity index (χ2v) is 3.90. The van der Waals surface area contributed by atoms with Crippen LogP contribution in [0.3, 0.4) is 0 Å². The van der Waals surface area contributed by atoms with Crippen molar-refractivity contribution in [3.63, 3.8) is 0 Å². The minimum absolute atomic E-state index is 0.213. The molecule has 0 spiro atoms. The molecule has 0 aromatic carbocycles. The molecule has 0 radical (unpaired) electrons. The minimum atomic E-state index is -1.34. The van der Waals surface area contributed by atoms with Gasteiger partial charge in [-0.25, -0.2) is 14.6 Å². The average molecular weight is 256 g/mol. The molecule has 18 heavy (non-hydrogen) atoms. The van der Waals surface area contributed by atoms with E-state index in [0.29, 0.717) is 5.82 Å². The number of aliphatic carboxylic acids is 1. The maximum absolute atomic E-state index is 11.7. The number of rotatable bonds is 5. The molecule has 100 valence electrons. The average Bonchev–Trinajstić information content (AvgIpc) is 2.77. The molecule has 0 fully saturated rings. The smallest absolute Gasteiger partial charge is 0.328 e. The third kappa shape index (κ3) is 3.74. The van der Waals surface area contributed by atoms with E-state index in [1.807, 2.05) is 0 Å². The van der Waals surface area contributed by atoms with Crippen LogP contribution in [0.25, 0.3) is 0 Å². The molecule has 4 N–H and O–H groups in total. The Morgan fingerprint density at radius 2 is 2.28 bits per heavy atom. The topological polar surface area (TPSA) is 119 Å². The number of nitrogens with zero attached hydrogens (tertiary/aromatic N) is 2. The Balaban J connectivity index is 2.56. The number of amides is 2. The van der Waals surface area contributed by atoms with E-state index in [-0.39, 0.29) is 6.54 Å². The van der Waals surface area contributed by atoms with Gasteiger partial charge in [-0.1, -0.05) is 0 Å². The van der Waals surface area contributed by atoms with Crippen LogP contribution in [0.2, 0.25) is 0 Å². The molecular formula is C10H16N4O4. The Labute approximate surface area is 104 Å². The van der Waals surface area contributed by atoms with Crippen LogP contribution < -0.4 is 5.32 Å². The number of H-pyrrole nitrogens is 1. The third-order valence-electron chi connectivity index (χ3n) is 2.32. The van der Waals surface area contributed by atoms with Gasteiger partial charge < -0.3 is 25.4 Å². The van der Waals surface area contributed by atoms with E-state index in [4.69, 9.17) is 5.11 Å². The van der Waals surface area contributed by atoms with Crippen molar-refractivity contribution in [2.75, 3.05) is 7.05 Å². The summed E-state index contributed by atoms with van der Waals surface area (Å²) in [5.74, 6) is -0.707. The summed E-state index contributed by atoms with van der Waals surface area (Å²) in [6.45, 7) is 1.51. The van der Waals surface area contributed by atoms with Crippen LogP contribution >= 0.6 is 0 Å². The molecule has 0 aliphatic carbocycles. The number of hydrogen-bond donors (Lipinski definition) is 4. The largest absolute Gasteiger partial charge is 0.480 e. The molecular weight excluding hydrogens is 240 g/mol. The van der Waals surface area contributed by atoms with Crippen molar-refractivity contribution in [1.82, 2.24) is 20.2 Å². The second-order valence-electron chi connectivity index (χ2n) is 3.90. The first-order chi connectivity index (χ1) is 8.41. The van der Waals surface area contributed by atoms with Crippen LogP contribution in [-0.2, 0) is 11.3 Å². The normalized spacial score (nSPS) is 13.7. The lowest BCUT2D eigenvalue weighted by atomic mass is 10.2. The van der Waals surface area contributed by atoms with Gasteiger partial charge in [0, 0.05) is 19.4 Å². The van der Waals surface area contributed by atoms with Crippen LogP contribution in [0.4, 0.5) is 4.79 Å². The number of hydrogen-bond acceptors (Lipinski definition) is 4. The highest BCUT2D eigenvalue weighted by Crippen LogP contribution is 1.99. The first-order valence-corrected chi connectivity index (χ1v) is 5.32. The van der Waals surface area contributed by atoms with Crippen molar-refractivity contribution in [3.05, 3.63) is 18.2 Å². The molecule has 2 atom stereocenters. The van der Waals surface area contributed by atoms with Crippen molar-refractivity contribution in [2.45, 2.75) is 25.6 Å². The maximum Gasteiger partial charge on any atom is 0.328 e. The number of carboxylic acids is 1. The standard InChI is InChI=1S/C10H16N4O4/c1-6(15)8(9(16)17)13-10(18)14(2)5-7-11-3-4-12-7/h3-4,6,8,15H,5H2,1-2H3,(H,11,12)(H,13,18)(H,16,17). The highest BCUT2D eigenvalue weighted by atomic mass is 16.4. The fourth-order valence-corrected chi connectivity index (χ4v) is 1.31. The number of carbonyl (C=O) groups is 2. The van der Waals surface area contributed by atoms with E-state index in [0.717, 1.165) is 0 Å². The molecule has 0 saturated heterocycles. The van der Waals surface area contributed by atoms with Crippen molar-refractivity contribution in [3.8, 4) is 0 Å². The van der Waals surface area contributed by atoms with Gasteiger partial charge in [-0.3, -0.25) is 0 Å². The number of aromatic amines is 1. The molecule has 8 heteroatoms. The molecule has 0 bridgehead atoms. The predicted molar refractivity (Wildman–Crippen MR) is 61.7 cm³/mol. The van der Waals surface area contributed by atoms with E-state index in [1.165, 1.54) is 18.9 Å². The van der Waals surface area contributed by atoms with E-state index < -0.39 is 24.1 Å². The molecule has 2 unspecified atom stereocenters. The maximum atomic E-state index is 11.7. The second kappa shape index (κ2) is 6.01. The molecule has 8 nitrogen and oxygen atoms in total. The van der Waals surface area contributed by atoms with Crippen molar-refractivity contribution >= 4 is 12.0 Å². The van der Waals surface area contributed by atoms with E-state index >= 15 is 0 Å². The number of carbonyl (C=O) groups excluding carboxylic acids is 1. The lowest BCUT2D eigenvalue weighted by Gasteiger charge is -2.22. The number of nitrogens with one attached hydrogen (secondary N) is 2. The number of imidazole rings is 1. The molecule has 0 aliphatic rings. The summed E-state index contributed by atoms with van der Waals surface area (Å²) in [5, 5.41) is 20.3. The van der Waals surface area contributed by atoms with Gasteiger partial charge in [-0.2, -0.15) is 0 Å². The Morgan fingerprint density at radius 1 is 1.61 bits per heavy atom. The van der Waals surface area contributed by atoms with Gasteiger partial charge in [-0.05, 0) is 6.92 Å². The number of carboxylic acid groups (broad SMARTS) is 1. The quantitative estimate of drug-likeness (QED) is 0.560. The van der Waals surface area contributed by atoms with E-state index in [9.17, 15) is 14.7 Å². The lowest BCUT2D eigenvalue weighted by molar-refractivity contribution is -0.141. The Hall–Kier alpha value is -2.09. The summed E-state index contributed by atoms with van der Waals surface area (Å²) in [6.07, 6.45) is 2.00. The summed E-state index contributed by atoms with van der Waals surface area (Å²) in [7, 11) is 1.50. The Kier molecular flexibility index (Phi) is 4.67. The van der Waals surface area contributed by atoms with Gasteiger partial charge in [-0.15, -0.1) is 0 Å². The van der Waals surface area contributed by atoms with Crippen LogP contribution in [0, 0.1) is 0 Å². The summed E-state index contributed by atoms with van der Waals surface area (Å²) in [6, 6.07) is -1.93. The van der Waals surface area contributed by atoms with E-state index in [2.05, 4.69) is 15.3 Å². The number of aromatic nitrogens is 2. The van der Waals surface area contributed by atoms with Crippen LogP contribution in [0.1, 0.15) is 12.7 Å². The van der Waals surface area contributed by atoms with Gasteiger partial charge in [0.05, 0.1) is 12.6 Å². The fourth-order valence-electron chi connectivity index (χ4n) is 1.31. The minimum Gasteiger partial charge on any atom is -0.480 e. The summed E-state index contributed by atoms with van der Waals surface area (Å²) >= 11 is 0. The molecule has 1 rings (SSSR count). The zero-order valence-electron chi connectivity index (χ0n) is 10.1. The molecule has 1 aromatic heterocycles. The highest BCUT2D eigenvalue weighted by Gasteiger charge is 2.26. The predicted octanol–water partition coefficient (Wildman–Crippen LogP) is -0.615. The molecule has 0 saturated carbocycles. The highest BCUT2D eigenvalue weighted by molar-refractivity contribution is 5.82. The third-order valence-corrected chi connectivity index (χ3v) is 2.32. The lowest BCUT2D eigenvalue weighted by Crippen LogP contribution is -2.51. The zero-order chi connectivity index (χ0) is 13.7. The SMILES string of the molecule is CC(O)C(NC(=O)N(C)Cc1ncc[nH]1)C(=O)O. The number of aliphatic hydroxyl groups excluding tert-OH is 1. The van der Waals surface area contributed by atoms with E-state index in [1.54, 1.807) is 12.4 Å². The molecule has 0 aliphatic heterocycles. The van der Waals surface area contributed by atoms with Gasteiger partial charge in [0.25, 0.3) is 0 Å². The molecule has 2 amide bonds. The van der Waals surface area contributed by atoms with Gasteiger partial charge in [0.2, 0.25) is 0 Å². The van der Waals surface area contributed by atoms with Crippen LogP contribution in [0.15, 0.2) is 12.4 Å². The van der Waals surface area contributed by atoms with Gasteiger partial charge in [0.15, 0.2) is 6.04 Å². The Morgan fingerprint density at radius 3 is 2.72 bits per heavy atom. The monoisotopic (exact) mass is 256 g/mol. The van der Waals surface area contributed by atoms with Gasteiger partial charge >= 0.3 is 12.0 Å². The number of aliphatic hydroxyl groups is 1. The first-order valence-electron chi connectivity index (χ1n) is 5.32. The van der Waals surface area contributed by atoms with Crippen LogP contribution in [0.5, 0.6) is 0 Å². The van der Waals surface area contributed by atoms with Crippen molar-refractivity contribution in [2.24, 2.45) is 0 Å². The van der Waals surface area contributed by atoms with Crippen LogP contribution in [-0.4, -0.2) is 56.3 Å². The Bertz CT molecular complexity index is 404. The van der Waals surface area contributed by atoms with Crippen molar-refractivity contribution in [1.29, 1.82) is 0 Å². The summed E-state index contributed by atoms with van der Waals surface area (Å²) in [5.41, 5.74) is 0. The number of urea groups is 1. The van der Waals surface area contributed by atoms with Gasteiger partial charge in [0.1, 0.15) is 5.82 Å². The first kappa shape index (κ1) is 14.0. The molecule has 1 heterocycles. The summed E-state index contributed by atoms with van der Waals surface area (Å²) < 4.78 is 0. The summed E-state index contributed by atoms with van der Waals surface area (Å²) in [4.78, 5) is 30.5. The molecule has 1 aromatic rings. The van der Waals surface area contributed by atoms with Crippen molar-refractivity contribution < 1.29 is 19.8 Å². The zero-order valence-corrected chi connectivity index (χ0v) is 10.1. The fraction of sp³-hybridized carbons (Fsp3) is 0.500.